The molecule has 10 heteroatoms. The number of anilines is 3. The molecule has 3 N–H and O–H groups in total. The van der Waals surface area contributed by atoms with Gasteiger partial charge in [-0.1, -0.05) is 40.6 Å². The van der Waals surface area contributed by atoms with E-state index >= 15 is 0 Å². The quantitative estimate of drug-likeness (QED) is 0.346. The van der Waals surface area contributed by atoms with Crippen molar-refractivity contribution in [3.63, 3.8) is 0 Å². The summed E-state index contributed by atoms with van der Waals surface area (Å²) in [7, 11) is -3.74. The maximum atomic E-state index is 12.6. The minimum Gasteiger partial charge on any atom is -0.308 e. The molecule has 3 aromatic carbocycles. The van der Waals surface area contributed by atoms with E-state index in [1.165, 1.54) is 11.3 Å². The molecule has 0 aliphatic heterocycles. The SMILES string of the molecule is Cc1ccc(S(=O)(=O)Nc2nc3cc(NC(=O)Nc4ccc(Cl)cc4)ccc3s2)cc1. The maximum absolute atomic E-state index is 12.6. The average molecular weight is 473 g/mol. The summed E-state index contributed by atoms with van der Waals surface area (Å²) in [6.45, 7) is 1.89. The number of aromatic nitrogens is 1. The first-order valence-corrected chi connectivity index (χ1v) is 11.8. The van der Waals surface area contributed by atoms with Crippen LogP contribution in [0.3, 0.4) is 0 Å². The molecule has 0 spiro atoms. The lowest BCUT2D eigenvalue weighted by Gasteiger charge is -2.07. The molecule has 0 fully saturated rings. The van der Waals surface area contributed by atoms with Crippen LogP contribution in [0.4, 0.5) is 21.3 Å². The number of amides is 2. The number of urea groups is 1. The molecule has 0 atom stereocenters. The molecular weight excluding hydrogens is 456 g/mol. The fourth-order valence-electron chi connectivity index (χ4n) is 2.77. The van der Waals surface area contributed by atoms with Crippen molar-refractivity contribution in [2.24, 2.45) is 0 Å². The van der Waals surface area contributed by atoms with Gasteiger partial charge in [0.25, 0.3) is 10.0 Å². The minimum absolute atomic E-state index is 0.165. The third kappa shape index (κ3) is 5.13. The van der Waals surface area contributed by atoms with Gasteiger partial charge in [-0.25, -0.2) is 18.2 Å². The predicted octanol–water partition coefficient (Wildman–Crippen LogP) is 5.70. The van der Waals surface area contributed by atoms with Crippen LogP contribution in [-0.4, -0.2) is 19.4 Å². The van der Waals surface area contributed by atoms with E-state index in [1.807, 2.05) is 6.92 Å². The van der Waals surface area contributed by atoms with Crippen LogP contribution in [0.5, 0.6) is 0 Å². The van der Waals surface area contributed by atoms with Crippen molar-refractivity contribution in [3.05, 3.63) is 77.3 Å². The number of nitrogens with zero attached hydrogens (tertiary/aromatic N) is 1. The summed E-state index contributed by atoms with van der Waals surface area (Å²) in [4.78, 5) is 16.7. The van der Waals surface area contributed by atoms with Crippen molar-refractivity contribution in [2.45, 2.75) is 11.8 Å². The van der Waals surface area contributed by atoms with Crippen LogP contribution in [0.2, 0.25) is 5.02 Å². The van der Waals surface area contributed by atoms with Crippen LogP contribution in [0.25, 0.3) is 10.2 Å². The lowest BCUT2D eigenvalue weighted by molar-refractivity contribution is 0.262. The highest BCUT2D eigenvalue weighted by atomic mass is 35.5. The van der Waals surface area contributed by atoms with Gasteiger partial charge in [0.15, 0.2) is 5.13 Å². The van der Waals surface area contributed by atoms with Crippen molar-refractivity contribution in [1.82, 2.24) is 4.98 Å². The van der Waals surface area contributed by atoms with Gasteiger partial charge in [-0.05, 0) is 61.5 Å². The number of nitrogens with one attached hydrogen (secondary N) is 3. The Morgan fingerprint density at radius 3 is 2.29 bits per heavy atom. The average Bonchev–Trinajstić information content (AvgIpc) is 3.10. The first kappa shape index (κ1) is 21.1. The zero-order valence-electron chi connectivity index (χ0n) is 16.2. The van der Waals surface area contributed by atoms with Crippen molar-refractivity contribution in [2.75, 3.05) is 15.4 Å². The first-order chi connectivity index (χ1) is 14.8. The number of hydrogen-bond donors (Lipinski definition) is 3. The van der Waals surface area contributed by atoms with Gasteiger partial charge in [0, 0.05) is 16.4 Å². The molecule has 4 rings (SSSR count). The molecule has 0 saturated heterocycles. The molecule has 2 amide bonds. The Kier molecular flexibility index (Phi) is 5.81. The molecule has 31 heavy (non-hydrogen) atoms. The van der Waals surface area contributed by atoms with E-state index in [-0.39, 0.29) is 10.0 Å². The second-order valence-electron chi connectivity index (χ2n) is 6.71. The van der Waals surface area contributed by atoms with Gasteiger partial charge < -0.3 is 10.6 Å². The number of fused-ring (bicyclic) bond motifs is 1. The number of benzene rings is 3. The molecule has 158 valence electrons. The summed E-state index contributed by atoms with van der Waals surface area (Å²) >= 11 is 7.05. The van der Waals surface area contributed by atoms with Crippen LogP contribution in [-0.2, 0) is 10.0 Å². The van der Waals surface area contributed by atoms with E-state index in [9.17, 15) is 13.2 Å². The number of carbonyl (C=O) groups is 1. The van der Waals surface area contributed by atoms with E-state index in [0.29, 0.717) is 21.9 Å². The number of thiazole rings is 1. The Hall–Kier alpha value is -3.14. The number of carbonyl (C=O) groups excluding carboxylic acids is 1. The number of aryl methyl sites for hydroxylation is 1. The zero-order valence-corrected chi connectivity index (χ0v) is 18.6. The molecule has 0 saturated carbocycles. The third-order valence-electron chi connectivity index (χ3n) is 4.30. The Balaban J connectivity index is 1.48. The summed E-state index contributed by atoms with van der Waals surface area (Å²) in [6, 6.07) is 18.1. The lowest BCUT2D eigenvalue weighted by atomic mass is 10.2. The highest BCUT2D eigenvalue weighted by molar-refractivity contribution is 7.93. The molecular formula is C21H17ClN4O3S2. The van der Waals surface area contributed by atoms with Crippen LogP contribution in [0.1, 0.15) is 5.56 Å². The molecule has 1 aromatic heterocycles. The Morgan fingerprint density at radius 2 is 1.58 bits per heavy atom. The highest BCUT2D eigenvalue weighted by Crippen LogP contribution is 2.29. The second-order valence-corrected chi connectivity index (χ2v) is 9.86. The van der Waals surface area contributed by atoms with Gasteiger partial charge in [-0.15, -0.1) is 0 Å². The zero-order chi connectivity index (χ0) is 22.0. The van der Waals surface area contributed by atoms with E-state index in [1.54, 1.807) is 66.7 Å². The maximum Gasteiger partial charge on any atom is 0.323 e. The van der Waals surface area contributed by atoms with Gasteiger partial charge in [-0.2, -0.15) is 0 Å². The molecule has 1 heterocycles. The smallest absolute Gasteiger partial charge is 0.308 e. The number of halogens is 1. The molecule has 0 aliphatic rings. The monoisotopic (exact) mass is 472 g/mol. The Labute approximate surface area is 188 Å². The summed E-state index contributed by atoms with van der Waals surface area (Å²) in [6.07, 6.45) is 0. The summed E-state index contributed by atoms with van der Waals surface area (Å²) in [5, 5.41) is 6.26. The molecule has 0 aliphatic carbocycles. The third-order valence-corrected chi connectivity index (χ3v) is 6.99. The predicted molar refractivity (Wildman–Crippen MR) is 126 cm³/mol. The molecule has 0 unspecified atom stereocenters. The van der Waals surface area contributed by atoms with Crippen molar-refractivity contribution >= 4 is 65.7 Å². The topological polar surface area (TPSA) is 100 Å². The number of sulfonamides is 1. The molecule has 0 radical (unpaired) electrons. The van der Waals surface area contributed by atoms with E-state index in [0.717, 1.165) is 10.3 Å². The van der Waals surface area contributed by atoms with Gasteiger partial charge in [-0.3, -0.25) is 4.72 Å². The summed E-state index contributed by atoms with van der Waals surface area (Å²) < 4.78 is 28.5. The first-order valence-electron chi connectivity index (χ1n) is 9.12. The standard InChI is InChI=1S/C21H17ClN4O3S2/c1-13-2-9-17(10-3-13)31(28,29)26-21-25-18-12-16(8-11-19(18)30-21)24-20(27)23-15-6-4-14(22)5-7-15/h2-12H,1H3,(H,25,26)(H2,23,24,27). The van der Waals surface area contributed by atoms with E-state index in [4.69, 9.17) is 11.6 Å². The van der Waals surface area contributed by atoms with Crippen LogP contribution in [0, 0.1) is 6.92 Å². The van der Waals surface area contributed by atoms with Gasteiger partial charge >= 0.3 is 6.03 Å². The van der Waals surface area contributed by atoms with Gasteiger partial charge in [0.2, 0.25) is 0 Å². The molecule has 0 bridgehead atoms. The van der Waals surface area contributed by atoms with Crippen LogP contribution >= 0.6 is 22.9 Å². The van der Waals surface area contributed by atoms with Crippen molar-refractivity contribution in [1.29, 1.82) is 0 Å². The molecule has 4 aromatic rings. The van der Waals surface area contributed by atoms with Crippen LogP contribution < -0.4 is 15.4 Å². The minimum atomic E-state index is -3.74. The fraction of sp³-hybridized carbons (Fsp3) is 0.0476. The fourth-order valence-corrected chi connectivity index (χ4v) is 4.97. The number of rotatable bonds is 5. The Bertz CT molecular complexity index is 1350. The Morgan fingerprint density at radius 1 is 0.935 bits per heavy atom. The number of hydrogen-bond acceptors (Lipinski definition) is 5. The lowest BCUT2D eigenvalue weighted by Crippen LogP contribution is -2.19. The summed E-state index contributed by atoms with van der Waals surface area (Å²) in [5.74, 6) is 0. The van der Waals surface area contributed by atoms with Crippen molar-refractivity contribution < 1.29 is 13.2 Å². The second kappa shape index (κ2) is 8.54. The van der Waals surface area contributed by atoms with Gasteiger partial charge in [0.05, 0.1) is 15.1 Å². The van der Waals surface area contributed by atoms with E-state index in [2.05, 4.69) is 20.3 Å². The van der Waals surface area contributed by atoms with E-state index < -0.39 is 16.1 Å². The molecule has 7 nitrogen and oxygen atoms in total. The van der Waals surface area contributed by atoms with Gasteiger partial charge in [0.1, 0.15) is 0 Å². The normalized spacial score (nSPS) is 11.3. The largest absolute Gasteiger partial charge is 0.323 e. The summed E-state index contributed by atoms with van der Waals surface area (Å²) in [5.41, 5.74) is 2.66. The highest BCUT2D eigenvalue weighted by Gasteiger charge is 2.16. The van der Waals surface area contributed by atoms with Crippen LogP contribution in [0.15, 0.2) is 71.6 Å². The van der Waals surface area contributed by atoms with Crippen molar-refractivity contribution in [3.8, 4) is 0 Å².